The number of nitriles is 1. The Hall–Kier alpha value is -2.22. The average molecular weight is 205 g/mol. The number of anilines is 1. The van der Waals surface area contributed by atoms with Gasteiger partial charge >= 0.3 is 6.03 Å². The van der Waals surface area contributed by atoms with Crippen molar-refractivity contribution < 1.29 is 9.90 Å². The van der Waals surface area contributed by atoms with E-state index in [0.717, 1.165) is 0 Å². The summed E-state index contributed by atoms with van der Waals surface area (Å²) in [5.74, 6) is 0.0878. The van der Waals surface area contributed by atoms with Crippen LogP contribution in [-0.2, 0) is 0 Å². The maximum absolute atomic E-state index is 11.2. The summed E-state index contributed by atoms with van der Waals surface area (Å²) in [6.07, 6.45) is 0.271. The second-order valence-corrected chi connectivity index (χ2v) is 2.84. The van der Waals surface area contributed by atoms with E-state index < -0.39 is 6.03 Å². The van der Waals surface area contributed by atoms with Crippen LogP contribution < -0.4 is 10.6 Å². The number of nitrogens with zero attached hydrogens (tertiary/aromatic N) is 1. The smallest absolute Gasteiger partial charge is 0.319 e. The summed E-state index contributed by atoms with van der Waals surface area (Å²) in [6.45, 7) is 0.307. The van der Waals surface area contributed by atoms with Gasteiger partial charge in [-0.15, -0.1) is 0 Å². The Balaban J connectivity index is 2.42. The number of aromatic hydroxyl groups is 1. The van der Waals surface area contributed by atoms with Gasteiger partial charge in [0.25, 0.3) is 0 Å². The van der Waals surface area contributed by atoms with Crippen molar-refractivity contribution in [2.24, 2.45) is 0 Å². The van der Waals surface area contributed by atoms with Gasteiger partial charge in [0.2, 0.25) is 0 Å². The van der Waals surface area contributed by atoms with E-state index in [1.807, 2.05) is 6.07 Å². The third kappa shape index (κ3) is 4.00. The molecule has 0 radical (unpaired) electrons. The number of phenols is 1. The first-order valence-corrected chi connectivity index (χ1v) is 4.43. The number of hydrogen-bond donors (Lipinski definition) is 3. The number of amides is 2. The Morgan fingerprint density at radius 1 is 1.53 bits per heavy atom. The zero-order chi connectivity index (χ0) is 11.1. The summed E-state index contributed by atoms with van der Waals surface area (Å²) in [7, 11) is 0. The van der Waals surface area contributed by atoms with E-state index in [1.165, 1.54) is 12.1 Å². The maximum Gasteiger partial charge on any atom is 0.319 e. The Morgan fingerprint density at radius 3 is 3.00 bits per heavy atom. The van der Waals surface area contributed by atoms with Crippen molar-refractivity contribution in [2.75, 3.05) is 11.9 Å². The van der Waals surface area contributed by atoms with E-state index >= 15 is 0 Å². The molecule has 0 aliphatic rings. The number of benzene rings is 1. The molecule has 1 aromatic carbocycles. The minimum atomic E-state index is -0.393. The number of phenolic OH excluding ortho intramolecular Hbond substituents is 1. The number of carbonyl (C=O) groups excluding carboxylic acids is 1. The van der Waals surface area contributed by atoms with Crippen LogP contribution in [0.3, 0.4) is 0 Å². The van der Waals surface area contributed by atoms with Crippen molar-refractivity contribution in [2.45, 2.75) is 6.42 Å². The highest BCUT2D eigenvalue weighted by molar-refractivity contribution is 5.89. The minimum Gasteiger partial charge on any atom is -0.508 e. The van der Waals surface area contributed by atoms with Gasteiger partial charge in [-0.25, -0.2) is 4.79 Å². The van der Waals surface area contributed by atoms with Crippen LogP contribution in [0.15, 0.2) is 24.3 Å². The van der Waals surface area contributed by atoms with Crippen LogP contribution in [0.1, 0.15) is 6.42 Å². The summed E-state index contributed by atoms with van der Waals surface area (Å²) < 4.78 is 0. The quantitative estimate of drug-likeness (QED) is 0.652. The maximum atomic E-state index is 11.2. The molecule has 1 aromatic rings. The van der Waals surface area contributed by atoms with Crippen molar-refractivity contribution >= 4 is 11.7 Å². The zero-order valence-electron chi connectivity index (χ0n) is 8.03. The standard InChI is InChI=1S/C10H11N3O2/c11-5-2-6-12-10(15)13-8-3-1-4-9(14)7-8/h1,3-4,7,14H,2,6H2,(H2,12,13,15). The molecule has 0 heterocycles. The summed E-state index contributed by atoms with van der Waals surface area (Å²) >= 11 is 0. The van der Waals surface area contributed by atoms with Crippen molar-refractivity contribution in [1.29, 1.82) is 5.26 Å². The van der Waals surface area contributed by atoms with Crippen molar-refractivity contribution in [1.82, 2.24) is 5.32 Å². The minimum absolute atomic E-state index is 0.0878. The highest BCUT2D eigenvalue weighted by Crippen LogP contribution is 2.14. The number of urea groups is 1. The molecule has 0 aliphatic carbocycles. The first-order valence-electron chi connectivity index (χ1n) is 4.43. The largest absolute Gasteiger partial charge is 0.508 e. The lowest BCUT2D eigenvalue weighted by Crippen LogP contribution is -2.29. The molecule has 15 heavy (non-hydrogen) atoms. The molecule has 0 unspecified atom stereocenters. The lowest BCUT2D eigenvalue weighted by molar-refractivity contribution is 0.252. The van der Waals surface area contributed by atoms with E-state index in [2.05, 4.69) is 10.6 Å². The Bertz CT molecular complexity index is 384. The van der Waals surface area contributed by atoms with Gasteiger partial charge < -0.3 is 15.7 Å². The van der Waals surface area contributed by atoms with Gasteiger partial charge in [0.1, 0.15) is 5.75 Å². The van der Waals surface area contributed by atoms with Crippen LogP contribution in [0.4, 0.5) is 10.5 Å². The highest BCUT2D eigenvalue weighted by atomic mass is 16.3. The number of carbonyl (C=O) groups is 1. The van der Waals surface area contributed by atoms with Gasteiger partial charge in [-0.05, 0) is 12.1 Å². The second kappa shape index (κ2) is 5.50. The molecule has 0 atom stereocenters. The van der Waals surface area contributed by atoms with E-state index in [-0.39, 0.29) is 12.2 Å². The summed E-state index contributed by atoms with van der Waals surface area (Å²) in [4.78, 5) is 11.2. The molecule has 78 valence electrons. The average Bonchev–Trinajstić information content (AvgIpc) is 2.18. The van der Waals surface area contributed by atoms with E-state index in [1.54, 1.807) is 12.1 Å². The molecule has 0 fully saturated rings. The summed E-state index contributed by atoms with van der Waals surface area (Å²) in [6, 6.07) is 7.75. The molecular formula is C10H11N3O2. The van der Waals surface area contributed by atoms with E-state index in [4.69, 9.17) is 10.4 Å². The first kappa shape index (κ1) is 10.9. The molecule has 0 spiro atoms. The number of nitrogens with one attached hydrogen (secondary N) is 2. The van der Waals surface area contributed by atoms with Crippen LogP contribution in [0, 0.1) is 11.3 Å². The van der Waals surface area contributed by atoms with Gasteiger partial charge in [-0.1, -0.05) is 6.07 Å². The van der Waals surface area contributed by atoms with Crippen LogP contribution in [0.25, 0.3) is 0 Å². The number of rotatable bonds is 3. The van der Waals surface area contributed by atoms with Gasteiger partial charge in [0.15, 0.2) is 0 Å². The molecular weight excluding hydrogens is 194 g/mol. The Kier molecular flexibility index (Phi) is 3.98. The molecule has 3 N–H and O–H groups in total. The van der Waals surface area contributed by atoms with Crippen LogP contribution in [-0.4, -0.2) is 17.7 Å². The van der Waals surface area contributed by atoms with Gasteiger partial charge in [-0.3, -0.25) is 0 Å². The molecule has 0 bridgehead atoms. The van der Waals surface area contributed by atoms with Gasteiger partial charge in [0.05, 0.1) is 12.5 Å². The van der Waals surface area contributed by atoms with Crippen molar-refractivity contribution in [3.63, 3.8) is 0 Å². The van der Waals surface area contributed by atoms with Gasteiger partial charge in [-0.2, -0.15) is 5.26 Å². The molecule has 0 aliphatic heterocycles. The predicted molar refractivity (Wildman–Crippen MR) is 55.4 cm³/mol. The lowest BCUT2D eigenvalue weighted by Gasteiger charge is -2.05. The van der Waals surface area contributed by atoms with Crippen LogP contribution in [0.5, 0.6) is 5.75 Å². The van der Waals surface area contributed by atoms with Crippen LogP contribution >= 0.6 is 0 Å². The fourth-order valence-electron chi connectivity index (χ4n) is 0.991. The molecule has 5 nitrogen and oxygen atoms in total. The topological polar surface area (TPSA) is 85.2 Å². The molecule has 2 amide bonds. The monoisotopic (exact) mass is 205 g/mol. The van der Waals surface area contributed by atoms with E-state index in [0.29, 0.717) is 12.2 Å². The third-order valence-corrected chi connectivity index (χ3v) is 1.63. The molecule has 0 aromatic heterocycles. The van der Waals surface area contributed by atoms with Crippen LogP contribution in [0.2, 0.25) is 0 Å². The zero-order valence-corrected chi connectivity index (χ0v) is 8.03. The van der Waals surface area contributed by atoms with E-state index in [9.17, 15) is 4.79 Å². The lowest BCUT2D eigenvalue weighted by atomic mass is 10.3. The fourth-order valence-corrected chi connectivity index (χ4v) is 0.991. The normalized spacial score (nSPS) is 9.00. The summed E-state index contributed by atoms with van der Waals surface area (Å²) in [5, 5.41) is 22.4. The highest BCUT2D eigenvalue weighted by Gasteiger charge is 2.00. The van der Waals surface area contributed by atoms with Crippen molar-refractivity contribution in [3.05, 3.63) is 24.3 Å². The number of hydrogen-bond acceptors (Lipinski definition) is 3. The van der Waals surface area contributed by atoms with Crippen molar-refractivity contribution in [3.8, 4) is 11.8 Å². The van der Waals surface area contributed by atoms with Gasteiger partial charge in [0, 0.05) is 18.3 Å². The Labute approximate surface area is 87.3 Å². The SMILES string of the molecule is N#CCCNC(=O)Nc1cccc(O)c1. The predicted octanol–water partition coefficient (Wildman–Crippen LogP) is 1.43. The third-order valence-electron chi connectivity index (χ3n) is 1.63. The molecule has 1 rings (SSSR count). The second-order valence-electron chi connectivity index (χ2n) is 2.84. The fraction of sp³-hybridized carbons (Fsp3) is 0.200. The molecule has 0 saturated heterocycles. The molecule has 5 heteroatoms. The molecule has 0 saturated carbocycles. The Morgan fingerprint density at radius 2 is 2.33 bits per heavy atom. The first-order chi connectivity index (χ1) is 7.22. The summed E-state index contributed by atoms with van der Waals surface area (Å²) in [5.41, 5.74) is 0.504.